The van der Waals surface area contributed by atoms with Gasteiger partial charge in [-0.15, -0.1) is 0 Å². The van der Waals surface area contributed by atoms with Gasteiger partial charge in [0.1, 0.15) is 0 Å². The van der Waals surface area contributed by atoms with Gasteiger partial charge in [-0.3, -0.25) is 0 Å². The molecule has 0 N–H and O–H groups in total. The maximum absolute atomic E-state index is 12.1. The maximum Gasteiger partial charge on any atom is 1.00 e. The van der Waals surface area contributed by atoms with Gasteiger partial charge in [0.15, 0.2) is 0 Å². The summed E-state index contributed by atoms with van der Waals surface area (Å²) in [5.41, 5.74) is -0.559. The molecule has 1 heterocycles. The molecule has 0 bridgehead atoms. The summed E-state index contributed by atoms with van der Waals surface area (Å²) in [5.74, 6) is 0. The second-order valence-corrected chi connectivity index (χ2v) is 3.84. The normalized spacial score (nSPS) is 22.2. The number of hydrogen-bond acceptors (Lipinski definition) is 1. The van der Waals surface area contributed by atoms with Crippen LogP contribution in [0.15, 0.2) is 0 Å². The molecule has 1 saturated heterocycles. The molecule has 0 saturated carbocycles. The molecule has 1 rings (SSSR count). The van der Waals surface area contributed by atoms with Gasteiger partial charge in [-0.25, -0.2) is 0 Å². The molecular weight excluding hydrogens is 207 g/mol. The Balaban J connectivity index is 0.00000144. The molecule has 0 radical (unpaired) electrons. The van der Waals surface area contributed by atoms with Gasteiger partial charge < -0.3 is 17.7 Å². The number of ether oxygens (including phenoxy) is 1. The molecule has 1 aliphatic rings. The zero-order valence-corrected chi connectivity index (χ0v) is 11.3. The summed E-state index contributed by atoms with van der Waals surface area (Å²) < 4.78 is 41.3. The van der Waals surface area contributed by atoms with E-state index < -0.39 is 18.7 Å². The van der Waals surface area contributed by atoms with Gasteiger partial charge in [0.05, 0.1) is 0 Å². The predicted octanol–water partition coefficient (Wildman–Crippen LogP) is -0.346. The molecule has 13 heavy (non-hydrogen) atoms. The fourth-order valence-electron chi connectivity index (χ4n) is 1.63. The van der Waals surface area contributed by atoms with Crippen LogP contribution in [0.25, 0.3) is 0 Å². The second kappa shape index (κ2) is 5.51. The molecule has 0 spiro atoms. The number of hydrogen-bond donors (Lipinski definition) is 0. The summed E-state index contributed by atoms with van der Waals surface area (Å²) in [6.45, 7) is -1.99. The van der Waals surface area contributed by atoms with Crippen molar-refractivity contribution in [3.05, 3.63) is 0 Å². The second-order valence-electron chi connectivity index (χ2n) is 3.84. The molecule has 0 aliphatic carbocycles. The first-order valence-corrected chi connectivity index (χ1v) is 4.20. The van der Waals surface area contributed by atoms with E-state index in [0.29, 0.717) is 26.1 Å². The molecule has 0 amide bonds. The summed E-state index contributed by atoms with van der Waals surface area (Å²) in [5, 5.41) is 0. The van der Waals surface area contributed by atoms with Crippen LogP contribution in [0.4, 0.5) is 12.9 Å². The van der Waals surface area contributed by atoms with Crippen molar-refractivity contribution in [3.8, 4) is 0 Å². The van der Waals surface area contributed by atoms with Crippen molar-refractivity contribution in [2.24, 2.45) is 5.41 Å². The van der Waals surface area contributed by atoms with Crippen LogP contribution >= 0.6 is 0 Å². The van der Waals surface area contributed by atoms with Gasteiger partial charge >= 0.3 is 58.4 Å². The van der Waals surface area contributed by atoms with Gasteiger partial charge in [0.25, 0.3) is 0 Å². The number of rotatable bonds is 2. The molecule has 1 fully saturated rings. The van der Waals surface area contributed by atoms with Crippen molar-refractivity contribution >= 4 is 6.98 Å². The van der Waals surface area contributed by atoms with Crippen LogP contribution in [0.2, 0.25) is 6.32 Å². The van der Waals surface area contributed by atoms with Crippen LogP contribution in [0.5, 0.6) is 0 Å². The van der Waals surface area contributed by atoms with Crippen molar-refractivity contribution in [1.29, 1.82) is 0 Å². The largest absolute Gasteiger partial charge is 1.00 e. The summed E-state index contributed by atoms with van der Waals surface area (Å²) in [6, 6.07) is 0. The average Bonchev–Trinajstić information content (AvgIpc) is 1.83. The van der Waals surface area contributed by atoms with E-state index in [0.717, 1.165) is 0 Å². The van der Waals surface area contributed by atoms with Crippen molar-refractivity contribution < 1.29 is 69.1 Å². The molecule has 0 aromatic heterocycles. The predicted molar refractivity (Wildman–Crippen MR) is 42.0 cm³/mol. The Hall–Kier alpha value is 1.45. The Morgan fingerprint density at radius 3 is 2.08 bits per heavy atom. The Labute approximate surface area is 119 Å². The molecule has 0 atom stereocenters. The third-order valence-corrected chi connectivity index (χ3v) is 2.42. The summed E-state index contributed by atoms with van der Waals surface area (Å²) in [4.78, 5) is 0. The first-order valence-electron chi connectivity index (χ1n) is 4.20. The smallest absolute Gasteiger partial charge is 0.449 e. The zero-order chi connectivity index (χ0) is 9.24. The van der Waals surface area contributed by atoms with Gasteiger partial charge in [-0.2, -0.15) is 0 Å². The quantitative estimate of drug-likeness (QED) is 0.578. The van der Waals surface area contributed by atoms with E-state index in [2.05, 4.69) is 0 Å². The van der Waals surface area contributed by atoms with Crippen molar-refractivity contribution in [2.45, 2.75) is 26.1 Å². The van der Waals surface area contributed by atoms with Crippen molar-refractivity contribution in [2.75, 3.05) is 13.2 Å². The minimum absolute atomic E-state index is 0. The van der Waals surface area contributed by atoms with Crippen molar-refractivity contribution in [1.82, 2.24) is 0 Å². The van der Waals surface area contributed by atoms with E-state index in [1.807, 2.05) is 0 Å². The van der Waals surface area contributed by atoms with Gasteiger partial charge in [0, 0.05) is 13.2 Å². The molecule has 72 valence electrons. The third-order valence-electron chi connectivity index (χ3n) is 2.42. The molecule has 0 unspecified atom stereocenters. The average molecular weight is 220 g/mol. The molecule has 6 heteroatoms. The van der Waals surface area contributed by atoms with E-state index in [1.165, 1.54) is 0 Å². The van der Waals surface area contributed by atoms with E-state index in [9.17, 15) is 12.9 Å². The van der Waals surface area contributed by atoms with Crippen LogP contribution in [0, 0.1) is 5.41 Å². The maximum atomic E-state index is 12.1. The fourth-order valence-corrected chi connectivity index (χ4v) is 1.63. The van der Waals surface area contributed by atoms with E-state index >= 15 is 0 Å². The van der Waals surface area contributed by atoms with Crippen molar-refractivity contribution in [3.63, 3.8) is 0 Å². The van der Waals surface area contributed by atoms with Crippen LogP contribution < -0.4 is 51.4 Å². The topological polar surface area (TPSA) is 9.23 Å². The SMILES string of the molecule is CC1(C[B-](F)(F)F)CCOCC1.[K+]. The molecule has 1 aliphatic heterocycles. The van der Waals surface area contributed by atoms with Gasteiger partial charge in [0.2, 0.25) is 0 Å². The summed E-state index contributed by atoms with van der Waals surface area (Å²) in [7, 11) is 0. The Morgan fingerprint density at radius 1 is 1.23 bits per heavy atom. The third kappa shape index (κ3) is 5.79. The van der Waals surface area contributed by atoms with Crippen LogP contribution in [0.3, 0.4) is 0 Å². The standard InChI is InChI=1S/C7H13BF3O.K/c1-7(6-8(9,10)11)2-4-12-5-3-7;/h2-6H2,1H3;/q-1;+1. The van der Waals surface area contributed by atoms with Crippen LogP contribution in [0.1, 0.15) is 19.8 Å². The van der Waals surface area contributed by atoms with E-state index in [4.69, 9.17) is 4.74 Å². The summed E-state index contributed by atoms with van der Waals surface area (Å²) in [6.07, 6.45) is 0.457. The molecular formula is C7H13BF3KO. The molecule has 0 aromatic rings. The number of halogens is 3. The van der Waals surface area contributed by atoms with E-state index in [1.54, 1.807) is 6.92 Å². The fraction of sp³-hybridized carbons (Fsp3) is 1.00. The van der Waals surface area contributed by atoms with Gasteiger partial charge in [-0.1, -0.05) is 18.7 Å². The molecule has 0 aromatic carbocycles. The molecule has 1 nitrogen and oxygen atoms in total. The van der Waals surface area contributed by atoms with Crippen LogP contribution in [-0.4, -0.2) is 20.2 Å². The zero-order valence-electron chi connectivity index (χ0n) is 8.16. The Kier molecular flexibility index (Phi) is 6.13. The monoisotopic (exact) mass is 220 g/mol. The van der Waals surface area contributed by atoms with Crippen LogP contribution in [-0.2, 0) is 4.74 Å². The first kappa shape index (κ1) is 14.5. The first-order chi connectivity index (χ1) is 5.41. The Bertz CT molecular complexity index is 156. The minimum atomic E-state index is -4.64. The summed E-state index contributed by atoms with van der Waals surface area (Å²) >= 11 is 0. The Morgan fingerprint density at radius 2 is 1.69 bits per heavy atom. The van der Waals surface area contributed by atoms with Gasteiger partial charge in [-0.05, 0) is 12.8 Å². The minimum Gasteiger partial charge on any atom is -0.449 e. The van der Waals surface area contributed by atoms with E-state index in [-0.39, 0.29) is 51.4 Å².